The van der Waals surface area contributed by atoms with Gasteiger partial charge in [-0.1, -0.05) is 36.4 Å². The zero-order valence-electron chi connectivity index (χ0n) is 16.1. The highest BCUT2D eigenvalue weighted by molar-refractivity contribution is 7.08. The van der Waals surface area contributed by atoms with Gasteiger partial charge in [-0.2, -0.15) is 16.4 Å². The fourth-order valence-electron chi connectivity index (χ4n) is 3.00. The Morgan fingerprint density at radius 3 is 2.47 bits per heavy atom. The second kappa shape index (κ2) is 9.19. The maximum atomic E-state index is 12.7. The Hall–Kier alpha value is -3.71. The maximum absolute atomic E-state index is 12.7. The number of hydrogen-bond acceptors (Lipinski definition) is 4. The molecule has 0 saturated heterocycles. The van der Waals surface area contributed by atoms with Crippen molar-refractivity contribution < 1.29 is 9.59 Å². The van der Waals surface area contributed by atoms with Crippen LogP contribution in [0.5, 0.6) is 0 Å². The van der Waals surface area contributed by atoms with Crippen LogP contribution in [0.4, 0.5) is 5.69 Å². The normalized spacial score (nSPS) is 10.5. The minimum absolute atomic E-state index is 0.232. The summed E-state index contributed by atoms with van der Waals surface area (Å²) >= 11 is 1.45. The van der Waals surface area contributed by atoms with E-state index in [1.807, 2.05) is 46.6 Å². The van der Waals surface area contributed by atoms with Gasteiger partial charge in [-0.05, 0) is 40.8 Å². The smallest absolute Gasteiger partial charge is 0.256 e. The molecule has 0 atom stereocenters. The molecule has 30 heavy (non-hydrogen) atoms. The van der Waals surface area contributed by atoms with Gasteiger partial charge in [0.25, 0.3) is 11.8 Å². The summed E-state index contributed by atoms with van der Waals surface area (Å²) in [5, 5.41) is 13.6. The van der Waals surface area contributed by atoms with E-state index in [1.165, 1.54) is 11.3 Å². The van der Waals surface area contributed by atoms with E-state index in [9.17, 15) is 9.59 Å². The number of nitrogens with one attached hydrogen (secondary N) is 2. The Labute approximate surface area is 178 Å². The number of anilines is 1. The van der Waals surface area contributed by atoms with Gasteiger partial charge >= 0.3 is 0 Å². The van der Waals surface area contributed by atoms with Crippen molar-refractivity contribution in [1.82, 2.24) is 15.1 Å². The van der Waals surface area contributed by atoms with Crippen molar-refractivity contribution in [2.75, 3.05) is 5.32 Å². The molecule has 2 heterocycles. The number of thiophene rings is 1. The SMILES string of the molecule is O=C(Nc1ccccc1C(=O)NCc1ccc(Cn2cccn2)cc1)c1ccsc1. The number of hydrogen-bond donors (Lipinski definition) is 2. The molecule has 2 aromatic heterocycles. The van der Waals surface area contributed by atoms with Crippen LogP contribution in [0.15, 0.2) is 83.8 Å². The van der Waals surface area contributed by atoms with Crippen LogP contribution in [-0.4, -0.2) is 21.6 Å². The summed E-state index contributed by atoms with van der Waals surface area (Å²) in [4.78, 5) is 25.0. The van der Waals surface area contributed by atoms with E-state index in [0.717, 1.165) is 11.1 Å². The van der Waals surface area contributed by atoms with E-state index < -0.39 is 0 Å². The molecular formula is C23H20N4O2S. The average Bonchev–Trinajstić information content (AvgIpc) is 3.48. The van der Waals surface area contributed by atoms with Crippen LogP contribution in [-0.2, 0) is 13.1 Å². The van der Waals surface area contributed by atoms with Crippen LogP contribution in [0, 0.1) is 0 Å². The molecule has 0 bridgehead atoms. The van der Waals surface area contributed by atoms with Crippen LogP contribution in [0.25, 0.3) is 0 Å². The number of benzene rings is 2. The summed E-state index contributed by atoms with van der Waals surface area (Å²) in [6, 6.07) is 18.7. The van der Waals surface area contributed by atoms with E-state index >= 15 is 0 Å². The van der Waals surface area contributed by atoms with Gasteiger partial charge in [0, 0.05) is 24.3 Å². The van der Waals surface area contributed by atoms with Gasteiger partial charge < -0.3 is 10.6 Å². The third-order valence-electron chi connectivity index (χ3n) is 4.58. The van der Waals surface area contributed by atoms with Crippen molar-refractivity contribution >= 4 is 28.8 Å². The molecule has 0 aliphatic carbocycles. The summed E-state index contributed by atoms with van der Waals surface area (Å²) in [7, 11) is 0. The lowest BCUT2D eigenvalue weighted by Gasteiger charge is -2.11. The molecule has 7 heteroatoms. The number of amides is 2. The Balaban J connectivity index is 1.38. The highest BCUT2D eigenvalue weighted by Gasteiger charge is 2.14. The average molecular weight is 417 g/mol. The summed E-state index contributed by atoms with van der Waals surface area (Å²) in [6.07, 6.45) is 3.67. The van der Waals surface area contributed by atoms with E-state index in [0.29, 0.717) is 29.9 Å². The molecule has 0 unspecified atom stereocenters. The van der Waals surface area contributed by atoms with Gasteiger partial charge in [0.05, 0.1) is 23.4 Å². The summed E-state index contributed by atoms with van der Waals surface area (Å²) in [5.74, 6) is -0.471. The lowest BCUT2D eigenvalue weighted by molar-refractivity contribution is 0.0952. The molecule has 0 spiro atoms. The van der Waals surface area contributed by atoms with Crippen LogP contribution in [0.3, 0.4) is 0 Å². The molecule has 0 saturated carbocycles. The monoisotopic (exact) mass is 416 g/mol. The number of rotatable bonds is 7. The third-order valence-corrected chi connectivity index (χ3v) is 5.27. The van der Waals surface area contributed by atoms with Crippen molar-refractivity contribution in [3.8, 4) is 0 Å². The fourth-order valence-corrected chi connectivity index (χ4v) is 3.64. The van der Waals surface area contributed by atoms with Gasteiger partial charge in [0.15, 0.2) is 0 Å². The van der Waals surface area contributed by atoms with Crippen molar-refractivity contribution in [2.45, 2.75) is 13.1 Å². The molecule has 150 valence electrons. The van der Waals surface area contributed by atoms with Crippen LogP contribution < -0.4 is 10.6 Å². The molecule has 0 aliphatic rings. The standard InChI is InChI=1S/C23H20N4O2S/c28-22(19-10-13-30-16-19)26-21-5-2-1-4-20(21)23(29)24-14-17-6-8-18(9-7-17)15-27-12-3-11-25-27/h1-13,16H,14-15H2,(H,24,29)(H,26,28). The van der Waals surface area contributed by atoms with Crippen LogP contribution >= 0.6 is 11.3 Å². The van der Waals surface area contributed by atoms with Gasteiger partial charge in [-0.25, -0.2) is 0 Å². The lowest BCUT2D eigenvalue weighted by atomic mass is 10.1. The van der Waals surface area contributed by atoms with E-state index in [4.69, 9.17) is 0 Å². The summed E-state index contributed by atoms with van der Waals surface area (Å²) < 4.78 is 1.86. The Morgan fingerprint density at radius 2 is 1.73 bits per heavy atom. The summed E-state index contributed by atoms with van der Waals surface area (Å²) in [5.41, 5.74) is 3.62. The first-order valence-electron chi connectivity index (χ1n) is 9.45. The highest BCUT2D eigenvalue weighted by Crippen LogP contribution is 2.17. The highest BCUT2D eigenvalue weighted by atomic mass is 32.1. The zero-order valence-corrected chi connectivity index (χ0v) is 16.9. The van der Waals surface area contributed by atoms with Gasteiger partial charge in [-0.15, -0.1) is 0 Å². The fraction of sp³-hybridized carbons (Fsp3) is 0.0870. The second-order valence-corrected chi connectivity index (χ2v) is 7.49. The predicted molar refractivity (Wildman–Crippen MR) is 118 cm³/mol. The largest absolute Gasteiger partial charge is 0.348 e. The van der Waals surface area contributed by atoms with E-state index in [1.54, 1.807) is 41.9 Å². The van der Waals surface area contributed by atoms with Crippen molar-refractivity contribution in [3.05, 3.63) is 106 Å². The number of nitrogens with zero attached hydrogens (tertiary/aromatic N) is 2. The van der Waals surface area contributed by atoms with Crippen molar-refractivity contribution in [2.24, 2.45) is 0 Å². The quantitative estimate of drug-likeness (QED) is 0.475. The van der Waals surface area contributed by atoms with Crippen LogP contribution in [0.1, 0.15) is 31.8 Å². The minimum Gasteiger partial charge on any atom is -0.348 e. The zero-order chi connectivity index (χ0) is 20.8. The molecule has 2 N–H and O–H groups in total. The number of carbonyl (C=O) groups excluding carboxylic acids is 2. The maximum Gasteiger partial charge on any atom is 0.256 e. The molecule has 0 fully saturated rings. The van der Waals surface area contributed by atoms with E-state index in [-0.39, 0.29) is 11.8 Å². The summed E-state index contributed by atoms with van der Waals surface area (Å²) in [6.45, 7) is 1.10. The Bertz CT molecular complexity index is 1120. The lowest BCUT2D eigenvalue weighted by Crippen LogP contribution is -2.24. The van der Waals surface area contributed by atoms with Gasteiger partial charge in [0.1, 0.15) is 0 Å². The molecule has 4 rings (SSSR count). The Morgan fingerprint density at radius 1 is 0.933 bits per heavy atom. The first-order chi connectivity index (χ1) is 14.7. The minimum atomic E-state index is -0.239. The molecule has 0 radical (unpaired) electrons. The van der Waals surface area contributed by atoms with Crippen molar-refractivity contribution in [3.63, 3.8) is 0 Å². The first-order valence-corrected chi connectivity index (χ1v) is 10.4. The second-order valence-electron chi connectivity index (χ2n) is 6.71. The van der Waals surface area contributed by atoms with Gasteiger partial charge in [-0.3, -0.25) is 14.3 Å². The molecule has 4 aromatic rings. The molecule has 2 aromatic carbocycles. The molecule has 2 amide bonds. The first kappa shape index (κ1) is 19.6. The number of aromatic nitrogens is 2. The molecule has 6 nitrogen and oxygen atoms in total. The molecular weight excluding hydrogens is 396 g/mol. The third kappa shape index (κ3) is 4.82. The van der Waals surface area contributed by atoms with E-state index in [2.05, 4.69) is 15.7 Å². The molecule has 0 aliphatic heterocycles. The van der Waals surface area contributed by atoms with Gasteiger partial charge in [0.2, 0.25) is 0 Å². The van der Waals surface area contributed by atoms with Crippen LogP contribution in [0.2, 0.25) is 0 Å². The topological polar surface area (TPSA) is 76.0 Å². The van der Waals surface area contributed by atoms with Crippen molar-refractivity contribution in [1.29, 1.82) is 0 Å². The number of para-hydroxylation sites is 1. The Kier molecular flexibility index (Phi) is 6.01. The predicted octanol–water partition coefficient (Wildman–Crippen LogP) is 4.18. The number of carbonyl (C=O) groups is 2.